The number of nitrogens with one attached hydrogen (secondary N) is 2. The Morgan fingerprint density at radius 3 is 2.38 bits per heavy atom. The fourth-order valence-electron chi connectivity index (χ4n) is 2.69. The second-order valence-corrected chi connectivity index (χ2v) is 6.43. The summed E-state index contributed by atoms with van der Waals surface area (Å²) in [6.45, 7) is 1.22. The van der Waals surface area contributed by atoms with E-state index in [2.05, 4.69) is 5.32 Å². The van der Waals surface area contributed by atoms with Crippen LogP contribution in [0.1, 0.15) is 21.5 Å². The van der Waals surface area contributed by atoms with E-state index in [4.69, 9.17) is 0 Å². The Bertz CT molecular complexity index is 762. The standard InChI is InChI=1S/C20H24FN3O2/c1-22-20(26)16-10-8-15(9-11-16)12-23(2)14-19(25)24(3)13-17-6-4-5-7-18(17)21/h4-11H,12-14H2,1-3H3,(H,22,26)/p+1. The van der Waals surface area contributed by atoms with Crippen molar-refractivity contribution in [2.75, 3.05) is 27.7 Å². The molecule has 0 aliphatic carbocycles. The molecule has 26 heavy (non-hydrogen) atoms. The molecule has 0 aromatic heterocycles. The van der Waals surface area contributed by atoms with Gasteiger partial charge in [-0.15, -0.1) is 0 Å². The van der Waals surface area contributed by atoms with Crippen LogP contribution in [0.15, 0.2) is 48.5 Å². The Balaban J connectivity index is 1.88. The highest BCUT2D eigenvalue weighted by Crippen LogP contribution is 2.08. The molecule has 0 bridgehead atoms. The molecule has 0 spiro atoms. The predicted octanol–water partition coefficient (Wildman–Crippen LogP) is 0.859. The summed E-state index contributed by atoms with van der Waals surface area (Å²) in [5, 5.41) is 2.58. The van der Waals surface area contributed by atoms with Gasteiger partial charge in [0.05, 0.1) is 7.05 Å². The van der Waals surface area contributed by atoms with Crippen LogP contribution in [0.3, 0.4) is 0 Å². The van der Waals surface area contributed by atoms with Crippen LogP contribution in [0.2, 0.25) is 0 Å². The van der Waals surface area contributed by atoms with Crippen molar-refractivity contribution in [1.29, 1.82) is 0 Å². The van der Waals surface area contributed by atoms with Crippen LogP contribution in [0.25, 0.3) is 0 Å². The Morgan fingerprint density at radius 1 is 1.12 bits per heavy atom. The summed E-state index contributed by atoms with van der Waals surface area (Å²) in [6.07, 6.45) is 0. The summed E-state index contributed by atoms with van der Waals surface area (Å²) in [6, 6.07) is 13.8. The minimum Gasteiger partial charge on any atom is -0.355 e. The maximum atomic E-state index is 13.7. The van der Waals surface area contributed by atoms with E-state index in [-0.39, 0.29) is 24.2 Å². The van der Waals surface area contributed by atoms with E-state index >= 15 is 0 Å². The van der Waals surface area contributed by atoms with Crippen LogP contribution in [0, 0.1) is 5.82 Å². The van der Waals surface area contributed by atoms with Crippen molar-refractivity contribution < 1.29 is 18.9 Å². The van der Waals surface area contributed by atoms with Crippen molar-refractivity contribution >= 4 is 11.8 Å². The number of amides is 2. The molecule has 0 saturated heterocycles. The minimum atomic E-state index is -0.302. The van der Waals surface area contributed by atoms with E-state index in [1.807, 2.05) is 19.2 Å². The number of quaternary nitrogens is 1. The van der Waals surface area contributed by atoms with Crippen molar-refractivity contribution in [3.05, 3.63) is 71.0 Å². The van der Waals surface area contributed by atoms with Crippen molar-refractivity contribution in [3.8, 4) is 0 Å². The summed E-state index contributed by atoms with van der Waals surface area (Å²) in [7, 11) is 5.21. The van der Waals surface area contributed by atoms with Gasteiger partial charge in [-0.2, -0.15) is 0 Å². The SMILES string of the molecule is CNC(=O)c1ccc(C[NH+](C)CC(=O)N(C)Cc2ccccc2F)cc1. The van der Waals surface area contributed by atoms with E-state index in [0.717, 1.165) is 10.5 Å². The Kier molecular flexibility index (Phi) is 6.86. The third-order valence-electron chi connectivity index (χ3n) is 4.19. The predicted molar refractivity (Wildman–Crippen MR) is 98.2 cm³/mol. The van der Waals surface area contributed by atoms with Gasteiger partial charge in [0.25, 0.3) is 11.8 Å². The van der Waals surface area contributed by atoms with Crippen LogP contribution < -0.4 is 10.2 Å². The number of carbonyl (C=O) groups excluding carboxylic acids is 2. The van der Waals surface area contributed by atoms with Crippen LogP contribution in [-0.4, -0.2) is 44.4 Å². The van der Waals surface area contributed by atoms with Crippen molar-refractivity contribution in [2.24, 2.45) is 0 Å². The Hall–Kier alpha value is -2.73. The lowest BCUT2D eigenvalue weighted by molar-refractivity contribution is -0.885. The van der Waals surface area contributed by atoms with Crippen LogP contribution >= 0.6 is 0 Å². The first-order chi connectivity index (χ1) is 12.4. The van der Waals surface area contributed by atoms with E-state index in [0.29, 0.717) is 24.2 Å². The highest BCUT2D eigenvalue weighted by atomic mass is 19.1. The molecule has 0 aliphatic rings. The molecule has 5 nitrogen and oxygen atoms in total. The van der Waals surface area contributed by atoms with E-state index in [1.165, 1.54) is 11.0 Å². The molecule has 1 atom stereocenters. The number of rotatable bonds is 7. The smallest absolute Gasteiger partial charge is 0.277 e. The van der Waals surface area contributed by atoms with Gasteiger partial charge < -0.3 is 15.1 Å². The quantitative estimate of drug-likeness (QED) is 0.771. The monoisotopic (exact) mass is 358 g/mol. The zero-order valence-corrected chi connectivity index (χ0v) is 15.4. The lowest BCUT2D eigenvalue weighted by atomic mass is 10.1. The van der Waals surface area contributed by atoms with Gasteiger partial charge in [0.15, 0.2) is 6.54 Å². The number of hydrogen-bond acceptors (Lipinski definition) is 2. The lowest BCUT2D eigenvalue weighted by Crippen LogP contribution is -3.08. The second-order valence-electron chi connectivity index (χ2n) is 6.43. The third-order valence-corrected chi connectivity index (χ3v) is 4.19. The summed E-state index contributed by atoms with van der Waals surface area (Å²) >= 11 is 0. The number of nitrogens with zero attached hydrogens (tertiary/aromatic N) is 1. The van der Waals surface area contributed by atoms with E-state index in [1.54, 1.807) is 44.4 Å². The van der Waals surface area contributed by atoms with E-state index < -0.39 is 0 Å². The Morgan fingerprint density at radius 2 is 1.77 bits per heavy atom. The molecule has 2 aromatic rings. The summed E-state index contributed by atoms with van der Waals surface area (Å²) in [5.74, 6) is -0.473. The first-order valence-electron chi connectivity index (χ1n) is 8.50. The molecule has 0 heterocycles. The van der Waals surface area contributed by atoms with Gasteiger partial charge in [0, 0.05) is 37.3 Å². The molecule has 2 N–H and O–H groups in total. The molecule has 1 unspecified atom stereocenters. The largest absolute Gasteiger partial charge is 0.355 e. The number of benzene rings is 2. The minimum absolute atomic E-state index is 0.0484. The zero-order chi connectivity index (χ0) is 19.1. The summed E-state index contributed by atoms with van der Waals surface area (Å²) in [4.78, 5) is 26.5. The van der Waals surface area contributed by atoms with Gasteiger partial charge in [0.1, 0.15) is 12.4 Å². The number of likely N-dealkylation sites (N-methyl/N-ethyl adjacent to an activating group) is 2. The van der Waals surface area contributed by atoms with Crippen LogP contribution in [0.5, 0.6) is 0 Å². The average molecular weight is 358 g/mol. The topological polar surface area (TPSA) is 53.9 Å². The molecule has 0 saturated carbocycles. The van der Waals surface area contributed by atoms with Crippen molar-refractivity contribution in [2.45, 2.75) is 13.1 Å². The molecule has 138 valence electrons. The average Bonchev–Trinajstić information content (AvgIpc) is 2.63. The van der Waals surface area contributed by atoms with Gasteiger partial charge in [-0.1, -0.05) is 30.3 Å². The first kappa shape index (κ1) is 19.6. The van der Waals surface area contributed by atoms with Gasteiger partial charge >= 0.3 is 0 Å². The highest BCUT2D eigenvalue weighted by molar-refractivity contribution is 5.93. The lowest BCUT2D eigenvalue weighted by Gasteiger charge is -2.20. The molecule has 0 fully saturated rings. The summed E-state index contributed by atoms with van der Waals surface area (Å²) in [5.41, 5.74) is 2.15. The van der Waals surface area contributed by atoms with Gasteiger partial charge in [-0.25, -0.2) is 4.39 Å². The number of halogens is 1. The zero-order valence-electron chi connectivity index (χ0n) is 15.4. The fraction of sp³-hybridized carbons (Fsp3) is 0.300. The maximum Gasteiger partial charge on any atom is 0.277 e. The molecule has 2 rings (SSSR count). The first-order valence-corrected chi connectivity index (χ1v) is 8.50. The fourth-order valence-corrected chi connectivity index (χ4v) is 2.69. The second kappa shape index (κ2) is 9.10. The summed E-state index contributed by atoms with van der Waals surface area (Å²) < 4.78 is 13.7. The van der Waals surface area contributed by atoms with Gasteiger partial charge in [-0.05, 0) is 18.2 Å². The van der Waals surface area contributed by atoms with Crippen LogP contribution in [0.4, 0.5) is 4.39 Å². The number of hydrogen-bond donors (Lipinski definition) is 2. The molecular weight excluding hydrogens is 333 g/mol. The normalized spacial score (nSPS) is 11.7. The third kappa shape index (κ3) is 5.39. The van der Waals surface area contributed by atoms with Gasteiger partial charge in [-0.3, -0.25) is 9.59 Å². The maximum absolute atomic E-state index is 13.7. The molecule has 0 radical (unpaired) electrons. The molecule has 6 heteroatoms. The molecule has 2 amide bonds. The van der Waals surface area contributed by atoms with E-state index in [9.17, 15) is 14.0 Å². The van der Waals surface area contributed by atoms with Gasteiger partial charge in [0.2, 0.25) is 0 Å². The molecule has 0 aliphatic heterocycles. The molecular formula is C20H25FN3O2+. The number of carbonyl (C=O) groups is 2. The highest BCUT2D eigenvalue weighted by Gasteiger charge is 2.16. The van der Waals surface area contributed by atoms with Crippen molar-refractivity contribution in [3.63, 3.8) is 0 Å². The molecule has 2 aromatic carbocycles. The Labute approximate surface area is 153 Å². The van der Waals surface area contributed by atoms with Crippen LogP contribution in [-0.2, 0) is 17.9 Å². The van der Waals surface area contributed by atoms with Crippen molar-refractivity contribution in [1.82, 2.24) is 10.2 Å².